The summed E-state index contributed by atoms with van der Waals surface area (Å²) in [6.07, 6.45) is 6.93. The van der Waals surface area contributed by atoms with Crippen LogP contribution in [0.25, 0.3) is 0 Å². The number of piperidine rings is 1. The molecule has 41 heavy (non-hydrogen) atoms. The fourth-order valence-electron chi connectivity index (χ4n) is 3.79. The normalized spacial score (nSPS) is 14.1. The summed E-state index contributed by atoms with van der Waals surface area (Å²) in [6, 6.07) is 9.11. The molecule has 2 heterocycles. The van der Waals surface area contributed by atoms with Crippen molar-refractivity contribution >= 4 is 40.7 Å². The first-order chi connectivity index (χ1) is 19.3. The Morgan fingerprint density at radius 1 is 1.05 bits per heavy atom. The van der Waals surface area contributed by atoms with Gasteiger partial charge in [-0.1, -0.05) is 31.5 Å². The lowest BCUT2D eigenvalue weighted by atomic mass is 10.0. The van der Waals surface area contributed by atoms with Gasteiger partial charge in [0.15, 0.2) is 0 Å². The number of rotatable bonds is 8. The van der Waals surface area contributed by atoms with E-state index in [1.54, 1.807) is 34.6 Å². The second-order valence-electron chi connectivity index (χ2n) is 11.2. The number of ether oxygens (including phenoxy) is 1. The van der Waals surface area contributed by atoms with E-state index in [1.165, 1.54) is 30.7 Å². The molecule has 1 aromatic carbocycles. The molecule has 1 fully saturated rings. The van der Waals surface area contributed by atoms with Crippen LogP contribution in [-0.2, 0) is 14.3 Å². The standard InChI is InChI=1S/C17H29N5O4.C12H15NOS/c1-7-8-11(13(23)21-12-9-18-10-19-12)20-14(24)17(5,6)22-15(25)26-16(2,3)4;14-12(13-9-5-2-6-10-13)15-11-7-3-1-4-8-11/h9-11H,7-8H2,1-6H3,(H,18,19)(H,20,24)(H,21,23)(H,22,25);1,3-4,7-8H,2,5-6,9-10H2. The Hall–Kier alpha value is -3.54. The zero-order valence-corrected chi connectivity index (χ0v) is 25.7. The number of hydrogen-bond donors (Lipinski definition) is 4. The number of aromatic amines is 1. The topological polar surface area (TPSA) is 146 Å². The molecule has 1 saturated heterocycles. The van der Waals surface area contributed by atoms with Gasteiger partial charge < -0.3 is 30.6 Å². The van der Waals surface area contributed by atoms with Crippen molar-refractivity contribution in [3.63, 3.8) is 0 Å². The lowest BCUT2D eigenvalue weighted by Crippen LogP contribution is -2.58. The van der Waals surface area contributed by atoms with Crippen LogP contribution in [0.1, 0.15) is 73.6 Å². The minimum Gasteiger partial charge on any atom is -0.444 e. The number of nitrogens with one attached hydrogen (secondary N) is 4. The molecule has 226 valence electrons. The Morgan fingerprint density at radius 2 is 1.71 bits per heavy atom. The van der Waals surface area contributed by atoms with E-state index in [-0.39, 0.29) is 11.1 Å². The first-order valence-corrected chi connectivity index (χ1v) is 14.8. The van der Waals surface area contributed by atoms with E-state index in [2.05, 4.69) is 25.9 Å². The lowest BCUT2D eigenvalue weighted by Gasteiger charge is -2.29. The number of aromatic nitrogens is 2. The quantitative estimate of drug-likeness (QED) is 0.305. The van der Waals surface area contributed by atoms with Crippen molar-refractivity contribution in [2.75, 3.05) is 18.4 Å². The van der Waals surface area contributed by atoms with Crippen molar-refractivity contribution in [1.82, 2.24) is 25.5 Å². The lowest BCUT2D eigenvalue weighted by molar-refractivity contribution is -0.130. The molecule has 2 aromatic rings. The van der Waals surface area contributed by atoms with Gasteiger partial charge in [-0.25, -0.2) is 9.78 Å². The molecular formula is C29H44N6O5S. The van der Waals surface area contributed by atoms with Crippen molar-refractivity contribution in [2.24, 2.45) is 0 Å². The molecule has 12 heteroatoms. The fraction of sp³-hybridized carbons (Fsp3) is 0.552. The molecule has 3 rings (SSSR count). The Labute approximate surface area is 247 Å². The van der Waals surface area contributed by atoms with Crippen molar-refractivity contribution < 1.29 is 23.9 Å². The highest BCUT2D eigenvalue weighted by Crippen LogP contribution is 2.23. The third-order valence-corrected chi connectivity index (χ3v) is 6.84. The van der Waals surface area contributed by atoms with Gasteiger partial charge in [-0.3, -0.25) is 14.4 Å². The number of thioether (sulfide) groups is 1. The highest BCUT2D eigenvalue weighted by molar-refractivity contribution is 8.13. The highest BCUT2D eigenvalue weighted by atomic mass is 32.2. The smallest absolute Gasteiger partial charge is 0.408 e. The van der Waals surface area contributed by atoms with Gasteiger partial charge in [0, 0.05) is 18.0 Å². The van der Waals surface area contributed by atoms with Crippen LogP contribution in [0.15, 0.2) is 47.8 Å². The minimum atomic E-state index is -1.25. The maximum Gasteiger partial charge on any atom is 0.408 e. The zero-order chi connectivity index (χ0) is 30.5. The van der Waals surface area contributed by atoms with E-state index in [0.29, 0.717) is 18.7 Å². The van der Waals surface area contributed by atoms with E-state index in [9.17, 15) is 19.2 Å². The summed E-state index contributed by atoms with van der Waals surface area (Å²) >= 11 is 1.34. The van der Waals surface area contributed by atoms with Gasteiger partial charge in [-0.2, -0.15) is 0 Å². The molecule has 1 aromatic heterocycles. The second-order valence-corrected chi connectivity index (χ2v) is 12.3. The van der Waals surface area contributed by atoms with Crippen molar-refractivity contribution in [2.45, 2.75) is 95.7 Å². The van der Waals surface area contributed by atoms with E-state index in [1.807, 2.05) is 42.2 Å². The van der Waals surface area contributed by atoms with Crippen LogP contribution in [0, 0.1) is 0 Å². The van der Waals surface area contributed by atoms with Crippen LogP contribution in [0.2, 0.25) is 0 Å². The van der Waals surface area contributed by atoms with Gasteiger partial charge in [-0.05, 0) is 84.2 Å². The average molecular weight is 589 g/mol. The first-order valence-electron chi connectivity index (χ1n) is 13.9. The zero-order valence-electron chi connectivity index (χ0n) is 24.9. The SMILES string of the molecule is CCCC(NC(=O)C(C)(C)NC(=O)OC(C)(C)C)C(=O)Nc1cnc[nH]1.O=C(Sc1ccccc1)N1CCCCC1. The summed E-state index contributed by atoms with van der Waals surface area (Å²) in [5.74, 6) is -0.407. The minimum absolute atomic E-state index is 0.195. The molecule has 1 aliphatic rings. The number of alkyl carbamates (subject to hydrolysis) is 1. The summed E-state index contributed by atoms with van der Waals surface area (Å²) in [5.41, 5.74) is -1.92. The Bertz CT molecular complexity index is 1110. The average Bonchev–Trinajstić information content (AvgIpc) is 3.41. The van der Waals surface area contributed by atoms with E-state index < -0.39 is 29.2 Å². The third-order valence-electron chi connectivity index (χ3n) is 5.90. The van der Waals surface area contributed by atoms with Crippen molar-refractivity contribution in [3.8, 4) is 0 Å². The van der Waals surface area contributed by atoms with Crippen LogP contribution in [0.5, 0.6) is 0 Å². The van der Waals surface area contributed by atoms with Gasteiger partial charge in [0.1, 0.15) is 23.0 Å². The summed E-state index contributed by atoms with van der Waals surface area (Å²) in [4.78, 5) is 58.3. The van der Waals surface area contributed by atoms with Gasteiger partial charge in [0.2, 0.25) is 11.8 Å². The molecule has 0 spiro atoms. The molecule has 11 nitrogen and oxygen atoms in total. The summed E-state index contributed by atoms with van der Waals surface area (Å²) in [6.45, 7) is 12.1. The summed E-state index contributed by atoms with van der Waals surface area (Å²) < 4.78 is 5.17. The van der Waals surface area contributed by atoms with Crippen molar-refractivity contribution in [3.05, 3.63) is 42.9 Å². The molecule has 1 unspecified atom stereocenters. The number of carbonyl (C=O) groups is 4. The largest absolute Gasteiger partial charge is 0.444 e. The third kappa shape index (κ3) is 12.7. The number of benzene rings is 1. The number of likely N-dealkylation sites (tertiary alicyclic amines) is 1. The number of carbonyl (C=O) groups excluding carboxylic acids is 4. The molecule has 1 atom stereocenters. The monoisotopic (exact) mass is 588 g/mol. The Morgan fingerprint density at radius 3 is 2.27 bits per heavy atom. The molecule has 4 amide bonds. The number of imidazole rings is 1. The molecule has 0 aliphatic carbocycles. The van der Waals surface area contributed by atoms with E-state index in [4.69, 9.17) is 4.74 Å². The van der Waals surface area contributed by atoms with Gasteiger partial charge in [-0.15, -0.1) is 0 Å². The number of hydrogen-bond acceptors (Lipinski definition) is 7. The molecular weight excluding hydrogens is 544 g/mol. The van der Waals surface area contributed by atoms with E-state index in [0.717, 1.165) is 30.8 Å². The van der Waals surface area contributed by atoms with Gasteiger partial charge >= 0.3 is 6.09 Å². The van der Waals surface area contributed by atoms with E-state index >= 15 is 0 Å². The Kier molecular flexibility index (Phi) is 13.2. The molecule has 0 bridgehead atoms. The number of H-pyrrole nitrogens is 1. The molecule has 0 radical (unpaired) electrons. The van der Waals surface area contributed by atoms with Gasteiger partial charge in [0.25, 0.3) is 5.24 Å². The van der Waals surface area contributed by atoms with Crippen LogP contribution in [0.3, 0.4) is 0 Å². The Balaban J connectivity index is 0.000000329. The second kappa shape index (κ2) is 16.0. The predicted molar refractivity (Wildman–Crippen MR) is 161 cm³/mol. The van der Waals surface area contributed by atoms with Crippen LogP contribution < -0.4 is 16.0 Å². The maximum absolute atomic E-state index is 12.6. The summed E-state index contributed by atoms with van der Waals surface area (Å²) in [7, 11) is 0. The summed E-state index contributed by atoms with van der Waals surface area (Å²) in [5, 5.41) is 8.05. The number of nitrogens with zero attached hydrogens (tertiary/aromatic N) is 2. The number of amides is 4. The highest BCUT2D eigenvalue weighted by Gasteiger charge is 2.34. The predicted octanol–water partition coefficient (Wildman–Crippen LogP) is 5.32. The fourth-order valence-corrected chi connectivity index (χ4v) is 4.59. The van der Waals surface area contributed by atoms with Crippen molar-refractivity contribution in [1.29, 1.82) is 0 Å². The maximum atomic E-state index is 12.6. The van der Waals surface area contributed by atoms with Gasteiger partial charge in [0.05, 0.1) is 12.5 Å². The van der Waals surface area contributed by atoms with Crippen LogP contribution >= 0.6 is 11.8 Å². The number of anilines is 1. The van der Waals surface area contributed by atoms with Crippen LogP contribution in [-0.4, -0.2) is 68.3 Å². The molecule has 4 N–H and O–H groups in total. The van der Waals surface area contributed by atoms with Crippen LogP contribution in [0.4, 0.5) is 15.4 Å². The first kappa shape index (κ1) is 33.7. The molecule has 0 saturated carbocycles. The molecule has 1 aliphatic heterocycles.